The highest BCUT2D eigenvalue weighted by Gasteiger charge is 2.30. The lowest BCUT2D eigenvalue weighted by atomic mass is 10.2. The number of ketones is 1. The van der Waals surface area contributed by atoms with Crippen molar-refractivity contribution in [3.05, 3.63) is 59.1 Å². The number of carbonyl (C=O) groups is 1. The van der Waals surface area contributed by atoms with Crippen molar-refractivity contribution in [1.82, 2.24) is 5.43 Å². The van der Waals surface area contributed by atoms with E-state index in [1.807, 2.05) is 0 Å². The summed E-state index contributed by atoms with van der Waals surface area (Å²) in [5.41, 5.74) is 4.93. The van der Waals surface area contributed by atoms with E-state index in [-0.39, 0.29) is 11.5 Å². The Labute approximate surface area is 141 Å². The van der Waals surface area contributed by atoms with Crippen LogP contribution in [-0.4, -0.2) is 11.6 Å². The number of carbonyl (C=O) groups excluding carboxylic acids is 1. The molecule has 2 rings (SSSR count). The van der Waals surface area contributed by atoms with Crippen LogP contribution in [0.25, 0.3) is 0 Å². The molecule has 0 aliphatic carbocycles. The molecule has 4 nitrogen and oxygen atoms in total. The van der Waals surface area contributed by atoms with Crippen molar-refractivity contribution in [3.63, 3.8) is 0 Å². The van der Waals surface area contributed by atoms with E-state index in [1.54, 1.807) is 24.3 Å². The van der Waals surface area contributed by atoms with Gasteiger partial charge in [-0.2, -0.15) is 13.2 Å². The number of para-hydroxylation sites is 1. The van der Waals surface area contributed by atoms with Crippen LogP contribution in [0.1, 0.15) is 12.5 Å². The third-order valence-corrected chi connectivity index (χ3v) is 3.27. The van der Waals surface area contributed by atoms with E-state index in [0.717, 1.165) is 12.1 Å². The molecule has 8 heteroatoms. The summed E-state index contributed by atoms with van der Waals surface area (Å²) >= 11 is 5.97. The predicted molar refractivity (Wildman–Crippen MR) is 87.4 cm³/mol. The summed E-state index contributed by atoms with van der Waals surface area (Å²) in [6.07, 6.45) is -4.48. The first-order valence-electron chi connectivity index (χ1n) is 6.81. The Bertz CT molecular complexity index is 775. The van der Waals surface area contributed by atoms with E-state index < -0.39 is 17.5 Å². The van der Waals surface area contributed by atoms with E-state index in [4.69, 9.17) is 11.6 Å². The molecule has 0 aliphatic rings. The Hall–Kier alpha value is -2.54. The van der Waals surface area contributed by atoms with Gasteiger partial charge >= 0.3 is 6.18 Å². The number of halogens is 4. The molecule has 2 aromatic carbocycles. The summed E-state index contributed by atoms with van der Waals surface area (Å²) in [4.78, 5) is 15.6. The molecule has 0 saturated carbocycles. The number of alkyl halides is 3. The van der Waals surface area contributed by atoms with Crippen LogP contribution in [0.4, 0.5) is 24.5 Å². The minimum absolute atomic E-state index is 0.00323. The molecule has 0 bridgehead atoms. The first-order valence-corrected chi connectivity index (χ1v) is 7.18. The van der Waals surface area contributed by atoms with E-state index in [9.17, 15) is 18.0 Å². The number of nitrogens with one attached hydrogen (secondary N) is 2. The maximum atomic E-state index is 12.7. The van der Waals surface area contributed by atoms with Crippen molar-refractivity contribution in [2.75, 3.05) is 5.43 Å². The number of hydrazine groups is 1. The molecule has 0 atom stereocenters. The number of amidine groups is 1. The number of hydrogen-bond acceptors (Lipinski definition) is 3. The van der Waals surface area contributed by atoms with Crippen LogP contribution >= 0.6 is 11.6 Å². The van der Waals surface area contributed by atoms with Gasteiger partial charge in [0, 0.05) is 6.92 Å². The Morgan fingerprint density at radius 2 is 1.83 bits per heavy atom. The third-order valence-electron chi connectivity index (χ3n) is 2.94. The molecular formula is C16H13ClF3N3O. The number of aliphatic imine (C=N–C) groups is 1. The number of Topliss-reactive ketones (excluding diaryl/α,β-unsaturated/α-hetero) is 1. The standard InChI is InChI=1S/C16H13ClF3N3O/c1-10(24)15(23-22-14-8-3-2-7-13(14)17)21-12-6-4-5-11(9-12)16(18,19)20/h2-9,22H,1H3,(H,21,23). The highest BCUT2D eigenvalue weighted by Crippen LogP contribution is 2.31. The van der Waals surface area contributed by atoms with Crippen LogP contribution in [0.2, 0.25) is 5.02 Å². The van der Waals surface area contributed by atoms with Gasteiger partial charge in [-0.25, -0.2) is 4.99 Å². The fourth-order valence-corrected chi connectivity index (χ4v) is 1.95. The molecule has 2 N–H and O–H groups in total. The molecular weight excluding hydrogens is 343 g/mol. The van der Waals surface area contributed by atoms with Crippen LogP contribution < -0.4 is 10.9 Å². The molecule has 0 unspecified atom stereocenters. The van der Waals surface area contributed by atoms with Gasteiger partial charge in [-0.1, -0.05) is 29.8 Å². The summed E-state index contributed by atoms with van der Waals surface area (Å²) in [7, 11) is 0. The number of nitrogens with zero attached hydrogens (tertiary/aromatic N) is 1. The molecule has 24 heavy (non-hydrogen) atoms. The maximum absolute atomic E-state index is 12.7. The van der Waals surface area contributed by atoms with Crippen LogP contribution in [0, 0.1) is 0 Å². The number of anilines is 1. The molecule has 0 spiro atoms. The molecule has 0 heterocycles. The Kier molecular flexibility index (Phi) is 5.46. The van der Waals surface area contributed by atoms with E-state index in [1.165, 1.54) is 19.1 Å². The zero-order valence-corrected chi connectivity index (χ0v) is 13.2. The van der Waals surface area contributed by atoms with Gasteiger partial charge in [0.1, 0.15) is 0 Å². The quantitative estimate of drug-likeness (QED) is 0.479. The zero-order chi connectivity index (χ0) is 17.7. The average Bonchev–Trinajstić information content (AvgIpc) is 2.52. The van der Waals surface area contributed by atoms with Crippen LogP contribution in [0.5, 0.6) is 0 Å². The average molecular weight is 356 g/mol. The molecule has 126 valence electrons. The first kappa shape index (κ1) is 17.8. The number of benzene rings is 2. The topological polar surface area (TPSA) is 53.5 Å². The second-order valence-corrected chi connectivity index (χ2v) is 5.20. The van der Waals surface area contributed by atoms with Crippen molar-refractivity contribution in [2.24, 2.45) is 4.99 Å². The van der Waals surface area contributed by atoms with Gasteiger partial charge in [0.2, 0.25) is 0 Å². The van der Waals surface area contributed by atoms with Gasteiger partial charge in [0.25, 0.3) is 0 Å². The van der Waals surface area contributed by atoms with Gasteiger partial charge in [-0.15, -0.1) is 0 Å². The monoisotopic (exact) mass is 355 g/mol. The van der Waals surface area contributed by atoms with Gasteiger partial charge in [-0.05, 0) is 30.3 Å². The minimum Gasteiger partial charge on any atom is -0.298 e. The SMILES string of the molecule is CC(=O)C(=Nc1cccc(C(F)(F)F)c1)NNc1ccccc1Cl. The third kappa shape index (κ3) is 4.73. The molecule has 0 radical (unpaired) electrons. The van der Waals surface area contributed by atoms with Gasteiger partial charge in [0.15, 0.2) is 11.6 Å². The molecule has 0 amide bonds. The summed E-state index contributed by atoms with van der Waals surface area (Å²) in [5.74, 6) is -0.596. The number of hydrogen-bond donors (Lipinski definition) is 2. The van der Waals surface area contributed by atoms with Crippen molar-refractivity contribution < 1.29 is 18.0 Å². The van der Waals surface area contributed by atoms with Crippen molar-refractivity contribution in [1.29, 1.82) is 0 Å². The number of rotatable bonds is 4. The summed E-state index contributed by atoms with van der Waals surface area (Å²) < 4.78 is 38.2. The van der Waals surface area contributed by atoms with Crippen molar-refractivity contribution >= 4 is 34.6 Å². The van der Waals surface area contributed by atoms with E-state index >= 15 is 0 Å². The van der Waals surface area contributed by atoms with Crippen LogP contribution in [0.15, 0.2) is 53.5 Å². The predicted octanol–water partition coefficient (Wildman–Crippen LogP) is 4.59. The summed E-state index contributed by atoms with van der Waals surface area (Å²) in [6, 6.07) is 11.2. The first-order chi connectivity index (χ1) is 11.3. The van der Waals surface area contributed by atoms with Gasteiger partial charge < -0.3 is 0 Å². The largest absolute Gasteiger partial charge is 0.416 e. The lowest BCUT2D eigenvalue weighted by molar-refractivity contribution is -0.137. The Morgan fingerprint density at radius 3 is 2.46 bits per heavy atom. The maximum Gasteiger partial charge on any atom is 0.416 e. The van der Waals surface area contributed by atoms with Crippen LogP contribution in [-0.2, 0) is 11.0 Å². The second-order valence-electron chi connectivity index (χ2n) is 4.79. The molecule has 0 aliphatic heterocycles. The fourth-order valence-electron chi connectivity index (χ4n) is 1.76. The highest BCUT2D eigenvalue weighted by atomic mass is 35.5. The fraction of sp³-hybridized carbons (Fsp3) is 0.125. The second kappa shape index (κ2) is 7.35. The lowest BCUT2D eigenvalue weighted by Crippen LogP contribution is -2.34. The normalized spacial score (nSPS) is 12.0. The van der Waals surface area contributed by atoms with E-state index in [0.29, 0.717) is 10.7 Å². The lowest BCUT2D eigenvalue weighted by Gasteiger charge is -2.12. The zero-order valence-electron chi connectivity index (χ0n) is 12.5. The van der Waals surface area contributed by atoms with Crippen LogP contribution in [0.3, 0.4) is 0 Å². The van der Waals surface area contributed by atoms with Gasteiger partial charge in [0.05, 0.1) is 22.0 Å². The van der Waals surface area contributed by atoms with Gasteiger partial charge in [-0.3, -0.25) is 15.6 Å². The Morgan fingerprint density at radius 1 is 1.12 bits per heavy atom. The van der Waals surface area contributed by atoms with E-state index in [2.05, 4.69) is 15.8 Å². The molecule has 0 fully saturated rings. The molecule has 0 aromatic heterocycles. The smallest absolute Gasteiger partial charge is 0.298 e. The summed E-state index contributed by atoms with van der Waals surface area (Å²) in [6.45, 7) is 1.24. The van der Waals surface area contributed by atoms with Crippen molar-refractivity contribution in [2.45, 2.75) is 13.1 Å². The van der Waals surface area contributed by atoms with Crippen molar-refractivity contribution in [3.8, 4) is 0 Å². The Balaban J connectivity index is 2.23. The molecule has 0 saturated heterocycles. The molecule has 2 aromatic rings. The minimum atomic E-state index is -4.48. The summed E-state index contributed by atoms with van der Waals surface area (Å²) in [5, 5.41) is 0.409. The highest BCUT2D eigenvalue weighted by molar-refractivity contribution is 6.38.